The van der Waals surface area contributed by atoms with Gasteiger partial charge in [-0.2, -0.15) is 0 Å². The van der Waals surface area contributed by atoms with E-state index in [-0.39, 0.29) is 11.9 Å². The van der Waals surface area contributed by atoms with Gasteiger partial charge in [0.2, 0.25) is 0 Å². The number of hydrogen-bond donors (Lipinski definition) is 0. The van der Waals surface area contributed by atoms with Gasteiger partial charge in [-0.25, -0.2) is 0 Å². The lowest BCUT2D eigenvalue weighted by Crippen LogP contribution is -2.15. The molecule has 0 aromatic heterocycles. The molecule has 2 unspecified atom stereocenters. The number of methoxy groups -OCH3 is 1. The fraction of sp³-hybridized carbons (Fsp3) is 0.533. The molecule has 2 atom stereocenters. The van der Waals surface area contributed by atoms with Crippen LogP contribution in [0.4, 0.5) is 0 Å². The maximum absolute atomic E-state index is 11.3. The number of ether oxygens (including phenoxy) is 3. The number of esters is 1. The first-order valence-electron chi connectivity index (χ1n) is 6.74. The Morgan fingerprint density at radius 3 is 2.89 bits per heavy atom. The van der Waals surface area contributed by atoms with Crippen molar-refractivity contribution in [1.82, 2.24) is 0 Å². The lowest BCUT2D eigenvalue weighted by molar-refractivity contribution is -0.142. The lowest BCUT2D eigenvalue weighted by atomic mass is 10.1. The Morgan fingerprint density at radius 1 is 1.32 bits per heavy atom. The molecular weight excluding hydrogens is 244 g/mol. The number of rotatable bonds is 4. The van der Waals surface area contributed by atoms with Crippen LogP contribution in [0.15, 0.2) is 18.2 Å². The summed E-state index contributed by atoms with van der Waals surface area (Å²) in [6, 6.07) is 6.08. The number of carbonyl (C=O) groups is 1. The number of aryl methyl sites for hydroxylation is 1. The Kier molecular flexibility index (Phi) is 3.32. The number of benzene rings is 1. The molecule has 4 nitrogen and oxygen atoms in total. The van der Waals surface area contributed by atoms with Gasteiger partial charge in [0.15, 0.2) is 11.5 Å². The van der Waals surface area contributed by atoms with Crippen molar-refractivity contribution in [3.8, 4) is 11.5 Å². The molecule has 0 radical (unpaired) electrons. The fourth-order valence-electron chi connectivity index (χ4n) is 2.60. The van der Waals surface area contributed by atoms with E-state index in [0.717, 1.165) is 30.8 Å². The minimum absolute atomic E-state index is 0.0628. The minimum atomic E-state index is -0.0628. The smallest absolute Gasteiger partial charge is 0.308 e. The Labute approximate surface area is 112 Å². The van der Waals surface area contributed by atoms with E-state index in [2.05, 4.69) is 6.07 Å². The highest BCUT2D eigenvalue weighted by atomic mass is 16.6. The van der Waals surface area contributed by atoms with Gasteiger partial charge in [-0.3, -0.25) is 4.79 Å². The van der Waals surface area contributed by atoms with E-state index in [1.54, 1.807) is 0 Å². The molecule has 1 aliphatic heterocycles. The maximum atomic E-state index is 11.3. The van der Waals surface area contributed by atoms with E-state index >= 15 is 0 Å². The van der Waals surface area contributed by atoms with Gasteiger partial charge in [-0.05, 0) is 42.9 Å². The summed E-state index contributed by atoms with van der Waals surface area (Å²) in [6.45, 7) is 1.23. The van der Waals surface area contributed by atoms with Crippen molar-refractivity contribution in [3.05, 3.63) is 23.8 Å². The van der Waals surface area contributed by atoms with Gasteiger partial charge < -0.3 is 14.2 Å². The van der Waals surface area contributed by atoms with Crippen LogP contribution in [0.1, 0.15) is 18.4 Å². The van der Waals surface area contributed by atoms with Crippen molar-refractivity contribution < 1.29 is 19.0 Å². The van der Waals surface area contributed by atoms with Crippen molar-refractivity contribution >= 4 is 5.97 Å². The molecule has 0 amide bonds. The highest BCUT2D eigenvalue weighted by molar-refractivity contribution is 5.75. The van der Waals surface area contributed by atoms with E-state index in [0.29, 0.717) is 19.1 Å². The monoisotopic (exact) mass is 262 g/mol. The van der Waals surface area contributed by atoms with E-state index in [9.17, 15) is 4.79 Å². The van der Waals surface area contributed by atoms with Crippen LogP contribution in [-0.4, -0.2) is 26.3 Å². The van der Waals surface area contributed by atoms with Crippen molar-refractivity contribution in [1.29, 1.82) is 0 Å². The van der Waals surface area contributed by atoms with Crippen molar-refractivity contribution in [2.24, 2.45) is 11.8 Å². The zero-order valence-corrected chi connectivity index (χ0v) is 11.1. The van der Waals surface area contributed by atoms with Crippen LogP contribution < -0.4 is 9.47 Å². The number of hydrogen-bond acceptors (Lipinski definition) is 4. The second kappa shape index (κ2) is 5.11. The molecule has 0 N–H and O–H groups in total. The summed E-state index contributed by atoms with van der Waals surface area (Å²) in [6.07, 6.45) is 2.96. The van der Waals surface area contributed by atoms with Crippen LogP contribution in [0.25, 0.3) is 0 Å². The van der Waals surface area contributed by atoms with Crippen molar-refractivity contribution in [2.45, 2.75) is 19.3 Å². The molecule has 3 rings (SSSR count). The highest BCUT2D eigenvalue weighted by Crippen LogP contribution is 2.43. The number of fused-ring (bicyclic) bond motifs is 1. The molecular formula is C15H18O4. The largest absolute Gasteiger partial charge is 0.486 e. The van der Waals surface area contributed by atoms with Crippen LogP contribution in [0.5, 0.6) is 11.5 Å². The van der Waals surface area contributed by atoms with Crippen LogP contribution in [0.2, 0.25) is 0 Å². The number of carbonyl (C=O) groups excluding carboxylic acids is 1. The second-order valence-corrected chi connectivity index (χ2v) is 5.14. The summed E-state index contributed by atoms with van der Waals surface area (Å²) >= 11 is 0. The first-order valence-corrected chi connectivity index (χ1v) is 6.74. The van der Waals surface area contributed by atoms with E-state index in [1.807, 2.05) is 12.1 Å². The quantitative estimate of drug-likeness (QED) is 0.780. The van der Waals surface area contributed by atoms with Gasteiger partial charge in [0.05, 0.1) is 13.0 Å². The average molecular weight is 262 g/mol. The molecule has 19 heavy (non-hydrogen) atoms. The lowest BCUT2D eigenvalue weighted by Gasteiger charge is -2.18. The zero-order valence-electron chi connectivity index (χ0n) is 11.1. The SMILES string of the molecule is COC(=O)C1CC1CCc1ccc2c(c1)OCCO2. The van der Waals surface area contributed by atoms with Gasteiger partial charge in [-0.15, -0.1) is 0 Å². The maximum Gasteiger partial charge on any atom is 0.308 e. The molecule has 1 fully saturated rings. The fourth-order valence-corrected chi connectivity index (χ4v) is 2.60. The summed E-state index contributed by atoms with van der Waals surface area (Å²) in [5.41, 5.74) is 1.24. The summed E-state index contributed by atoms with van der Waals surface area (Å²) < 4.78 is 15.8. The molecule has 4 heteroatoms. The van der Waals surface area contributed by atoms with E-state index in [1.165, 1.54) is 12.7 Å². The van der Waals surface area contributed by atoms with Crippen LogP contribution in [0, 0.1) is 11.8 Å². The summed E-state index contributed by atoms with van der Waals surface area (Å²) in [7, 11) is 1.46. The van der Waals surface area contributed by atoms with Crippen molar-refractivity contribution in [2.75, 3.05) is 20.3 Å². The summed E-state index contributed by atoms with van der Waals surface area (Å²) in [5.74, 6) is 2.22. The molecule has 1 aliphatic carbocycles. The van der Waals surface area contributed by atoms with Crippen molar-refractivity contribution in [3.63, 3.8) is 0 Å². The second-order valence-electron chi connectivity index (χ2n) is 5.14. The molecule has 0 bridgehead atoms. The third kappa shape index (κ3) is 2.67. The summed E-state index contributed by atoms with van der Waals surface area (Å²) in [5, 5.41) is 0. The molecule has 1 aromatic rings. The minimum Gasteiger partial charge on any atom is -0.486 e. The van der Waals surface area contributed by atoms with E-state index in [4.69, 9.17) is 14.2 Å². The van der Waals surface area contributed by atoms with Crippen LogP contribution in [0.3, 0.4) is 0 Å². The van der Waals surface area contributed by atoms with Gasteiger partial charge in [0.25, 0.3) is 0 Å². The molecule has 1 heterocycles. The van der Waals surface area contributed by atoms with Crippen LogP contribution in [-0.2, 0) is 16.0 Å². The predicted octanol–water partition coefficient (Wildman–Crippen LogP) is 2.20. The molecule has 0 saturated heterocycles. The Bertz CT molecular complexity index is 483. The Morgan fingerprint density at radius 2 is 2.11 bits per heavy atom. The third-order valence-electron chi connectivity index (χ3n) is 3.84. The normalized spacial score (nSPS) is 23.8. The van der Waals surface area contributed by atoms with Gasteiger partial charge in [0, 0.05) is 0 Å². The summed E-state index contributed by atoms with van der Waals surface area (Å²) in [4.78, 5) is 11.3. The Hall–Kier alpha value is -1.71. The highest BCUT2D eigenvalue weighted by Gasteiger charge is 2.43. The standard InChI is InChI=1S/C15H18O4/c1-17-15(16)12-9-11(12)4-2-10-3-5-13-14(8-10)19-7-6-18-13/h3,5,8,11-12H,2,4,6-7,9H2,1H3. The third-order valence-corrected chi connectivity index (χ3v) is 3.84. The topological polar surface area (TPSA) is 44.8 Å². The zero-order chi connectivity index (χ0) is 13.2. The van der Waals surface area contributed by atoms with E-state index < -0.39 is 0 Å². The molecule has 1 saturated carbocycles. The molecule has 0 spiro atoms. The molecule has 2 aliphatic rings. The Balaban J connectivity index is 1.55. The predicted molar refractivity (Wildman–Crippen MR) is 69.4 cm³/mol. The first kappa shape index (κ1) is 12.3. The van der Waals surface area contributed by atoms with Gasteiger partial charge in [0.1, 0.15) is 13.2 Å². The molecule has 1 aromatic carbocycles. The molecule has 102 valence electrons. The first-order chi connectivity index (χ1) is 9.28. The average Bonchev–Trinajstić information content (AvgIpc) is 3.23. The van der Waals surface area contributed by atoms with Crippen LogP contribution >= 0.6 is 0 Å². The van der Waals surface area contributed by atoms with Gasteiger partial charge >= 0.3 is 5.97 Å². The van der Waals surface area contributed by atoms with Gasteiger partial charge in [-0.1, -0.05) is 6.07 Å².